The van der Waals surface area contributed by atoms with E-state index in [1.807, 2.05) is 0 Å². The van der Waals surface area contributed by atoms with E-state index in [1.54, 1.807) is 4.68 Å². The molecule has 4 bridgehead atoms. The van der Waals surface area contributed by atoms with Gasteiger partial charge < -0.3 is 5.11 Å². The second-order valence-electron chi connectivity index (χ2n) is 9.37. The fourth-order valence-electron chi connectivity index (χ4n) is 6.58. The number of nitrogens with zero attached hydrogens (tertiary/aromatic N) is 5. The maximum absolute atomic E-state index is 13.7. The van der Waals surface area contributed by atoms with Gasteiger partial charge in [-0.3, -0.25) is 4.79 Å². The monoisotopic (exact) mass is 431 g/mol. The summed E-state index contributed by atoms with van der Waals surface area (Å²) in [6.45, 7) is 1.39. The molecule has 2 unspecified atom stereocenters. The first-order valence-electron chi connectivity index (χ1n) is 9.72. The lowest BCUT2D eigenvalue weighted by atomic mass is 9.46. The van der Waals surface area contributed by atoms with Crippen molar-refractivity contribution in [2.24, 2.45) is 22.4 Å². The molecule has 1 amide bonds. The Bertz CT molecular complexity index is 902. The van der Waals surface area contributed by atoms with Gasteiger partial charge >= 0.3 is 6.18 Å². The Labute approximate surface area is 169 Å². The van der Waals surface area contributed by atoms with Crippen LogP contribution < -0.4 is 0 Å². The van der Waals surface area contributed by atoms with Crippen LogP contribution in [-0.2, 0) is 10.3 Å². The number of carbonyl (C=O) groups is 1. The smallest absolute Gasteiger partial charge is 0.362 e. The van der Waals surface area contributed by atoms with Crippen molar-refractivity contribution in [1.29, 1.82) is 0 Å². The molecular formula is C18H21ClF3N5O2. The summed E-state index contributed by atoms with van der Waals surface area (Å²) >= 11 is 5.91. The molecule has 1 N–H and O–H groups in total. The minimum Gasteiger partial charge on any atom is -0.362 e. The average molecular weight is 432 g/mol. The summed E-state index contributed by atoms with van der Waals surface area (Å²) in [5.74, 6) is -0.330. The lowest BCUT2D eigenvalue weighted by molar-refractivity contribution is -0.305. The normalized spacial score (nSPS) is 41.2. The number of hydrazone groups is 1. The summed E-state index contributed by atoms with van der Waals surface area (Å²) in [4.78, 5) is 17.6. The van der Waals surface area contributed by atoms with Gasteiger partial charge in [-0.2, -0.15) is 23.3 Å². The zero-order valence-corrected chi connectivity index (χ0v) is 16.5. The predicted molar refractivity (Wildman–Crippen MR) is 95.7 cm³/mol. The number of carbonyl (C=O) groups excluding carboxylic acids is 1. The molecule has 0 spiro atoms. The molecule has 1 aliphatic heterocycles. The first kappa shape index (κ1) is 19.3. The maximum atomic E-state index is 13.7. The van der Waals surface area contributed by atoms with E-state index < -0.39 is 35.2 Å². The van der Waals surface area contributed by atoms with E-state index in [1.165, 1.54) is 13.3 Å². The van der Waals surface area contributed by atoms with E-state index in [4.69, 9.17) is 11.6 Å². The fourth-order valence-corrected chi connectivity index (χ4v) is 6.71. The van der Waals surface area contributed by atoms with E-state index in [-0.39, 0.29) is 22.8 Å². The predicted octanol–water partition coefficient (Wildman–Crippen LogP) is 3.09. The van der Waals surface area contributed by atoms with Gasteiger partial charge in [0.2, 0.25) is 5.28 Å². The number of aliphatic hydroxyl groups is 1. The van der Waals surface area contributed by atoms with Crippen LogP contribution in [0.4, 0.5) is 13.2 Å². The van der Waals surface area contributed by atoms with Crippen LogP contribution in [0.5, 0.6) is 0 Å². The van der Waals surface area contributed by atoms with Crippen molar-refractivity contribution in [3.63, 3.8) is 0 Å². The lowest BCUT2D eigenvalue weighted by Gasteiger charge is -2.61. The van der Waals surface area contributed by atoms with Crippen LogP contribution in [-0.4, -0.2) is 48.4 Å². The molecule has 5 atom stereocenters. The molecule has 6 rings (SSSR count). The zero-order valence-electron chi connectivity index (χ0n) is 15.8. The highest BCUT2D eigenvalue weighted by atomic mass is 35.5. The van der Waals surface area contributed by atoms with Gasteiger partial charge in [-0.15, -0.1) is 5.10 Å². The molecule has 1 aromatic heterocycles. The minimum atomic E-state index is -5.00. The van der Waals surface area contributed by atoms with Gasteiger partial charge in [0, 0.05) is 12.1 Å². The molecule has 11 heteroatoms. The largest absolute Gasteiger partial charge is 0.438 e. The number of alkyl halides is 3. The molecule has 4 fully saturated rings. The highest BCUT2D eigenvalue weighted by molar-refractivity contribution is 6.28. The van der Waals surface area contributed by atoms with Crippen LogP contribution in [0.15, 0.2) is 11.4 Å². The van der Waals surface area contributed by atoms with Crippen LogP contribution in [0, 0.1) is 17.3 Å². The Morgan fingerprint density at radius 1 is 1.28 bits per heavy atom. The highest BCUT2D eigenvalue weighted by Crippen LogP contribution is 2.65. The number of halogens is 4. The van der Waals surface area contributed by atoms with Gasteiger partial charge in [-0.25, -0.2) is 9.67 Å². The number of amides is 1. The third-order valence-corrected chi connectivity index (χ3v) is 7.38. The molecule has 0 aromatic carbocycles. The summed E-state index contributed by atoms with van der Waals surface area (Å²) in [7, 11) is 0. The van der Waals surface area contributed by atoms with E-state index in [9.17, 15) is 23.1 Å². The number of aromatic nitrogens is 3. The van der Waals surface area contributed by atoms with Gasteiger partial charge in [-0.05, 0) is 68.9 Å². The van der Waals surface area contributed by atoms with Crippen LogP contribution >= 0.6 is 11.6 Å². The highest BCUT2D eigenvalue weighted by Gasteiger charge is 2.68. The van der Waals surface area contributed by atoms with Crippen molar-refractivity contribution < 1.29 is 23.1 Å². The molecule has 158 valence electrons. The molecule has 4 aliphatic carbocycles. The van der Waals surface area contributed by atoms with Crippen molar-refractivity contribution in [3.8, 4) is 0 Å². The molecule has 0 radical (unpaired) electrons. The van der Waals surface area contributed by atoms with Crippen molar-refractivity contribution >= 4 is 23.2 Å². The van der Waals surface area contributed by atoms with Crippen LogP contribution in [0.25, 0.3) is 0 Å². The topological polar surface area (TPSA) is 83.6 Å². The van der Waals surface area contributed by atoms with E-state index >= 15 is 0 Å². The Morgan fingerprint density at radius 3 is 2.48 bits per heavy atom. The van der Waals surface area contributed by atoms with Crippen LogP contribution in [0.2, 0.25) is 5.28 Å². The van der Waals surface area contributed by atoms with Crippen LogP contribution in [0.1, 0.15) is 51.9 Å². The first-order valence-corrected chi connectivity index (χ1v) is 10.1. The number of rotatable bonds is 2. The minimum absolute atomic E-state index is 0.0840. The Balaban J connectivity index is 1.55. The van der Waals surface area contributed by atoms with E-state index in [0.29, 0.717) is 24.3 Å². The van der Waals surface area contributed by atoms with E-state index in [2.05, 4.69) is 15.2 Å². The Hall–Kier alpha value is -1.68. The van der Waals surface area contributed by atoms with Gasteiger partial charge in [0.15, 0.2) is 0 Å². The van der Waals surface area contributed by atoms with Crippen molar-refractivity contribution in [2.75, 3.05) is 0 Å². The summed E-state index contributed by atoms with van der Waals surface area (Å²) in [5.41, 5.74) is -4.70. The number of hydrogen-bond acceptors (Lipinski definition) is 5. The summed E-state index contributed by atoms with van der Waals surface area (Å²) < 4.78 is 42.8. The third-order valence-electron chi connectivity index (χ3n) is 7.20. The van der Waals surface area contributed by atoms with Crippen molar-refractivity contribution in [3.05, 3.63) is 11.6 Å². The van der Waals surface area contributed by atoms with Gasteiger partial charge in [0.25, 0.3) is 11.6 Å². The summed E-state index contributed by atoms with van der Waals surface area (Å²) in [6, 6.07) is 0. The Morgan fingerprint density at radius 2 is 1.93 bits per heavy atom. The molecule has 1 aromatic rings. The molecule has 7 nitrogen and oxygen atoms in total. The molecule has 29 heavy (non-hydrogen) atoms. The first-order chi connectivity index (χ1) is 13.5. The SMILES string of the molecule is CC1=NN(C(=O)C23C[C@H]4C[C@@H](C2)CC(n2cnc(Cl)n2)(C4)C3)[C@@](O)(C(F)(F)F)C1. The number of hydrogen-bond donors (Lipinski definition) is 1. The lowest BCUT2D eigenvalue weighted by Crippen LogP contribution is -2.65. The second kappa shape index (κ2) is 5.72. The van der Waals surface area contributed by atoms with Crippen molar-refractivity contribution in [2.45, 2.75) is 69.3 Å². The van der Waals surface area contributed by atoms with Crippen LogP contribution in [0.3, 0.4) is 0 Å². The van der Waals surface area contributed by atoms with E-state index in [0.717, 1.165) is 19.3 Å². The van der Waals surface area contributed by atoms with Gasteiger partial charge in [-0.1, -0.05) is 0 Å². The van der Waals surface area contributed by atoms with Gasteiger partial charge in [0.05, 0.1) is 11.0 Å². The third kappa shape index (κ3) is 2.60. The summed E-state index contributed by atoms with van der Waals surface area (Å²) in [6.07, 6.45) is -0.281. The quantitative estimate of drug-likeness (QED) is 0.780. The van der Waals surface area contributed by atoms with Gasteiger partial charge in [0.1, 0.15) is 6.33 Å². The fraction of sp³-hybridized carbons (Fsp3) is 0.778. The standard InChI is InChI=1S/C18H21ClF3N5O2/c1-10-3-17(29,18(20,21)22)27(24-10)13(28)15-4-11-2-12(5-15)7-16(6-11,8-15)26-9-23-14(19)25-26/h9,11-12,29H,2-8H2,1H3/t11-,12+,15?,16?,17-/m0/s1. The zero-order chi connectivity index (χ0) is 20.8. The van der Waals surface area contributed by atoms with Crippen molar-refractivity contribution in [1.82, 2.24) is 19.8 Å². The molecule has 4 saturated carbocycles. The second-order valence-corrected chi connectivity index (χ2v) is 9.71. The molecule has 0 saturated heterocycles. The molecular weight excluding hydrogens is 411 g/mol. The molecule has 5 aliphatic rings. The molecule has 2 heterocycles. The average Bonchev–Trinajstić information content (AvgIpc) is 3.16. The Kier molecular flexibility index (Phi) is 3.80. The maximum Gasteiger partial charge on any atom is 0.438 e. The summed E-state index contributed by atoms with van der Waals surface area (Å²) in [5, 5.41) is 19.0.